The summed E-state index contributed by atoms with van der Waals surface area (Å²) in [5, 5.41) is 10.9. The molecule has 92 valence electrons. The Kier molecular flexibility index (Phi) is 3.33. The third-order valence-corrected chi connectivity index (χ3v) is 2.95. The summed E-state index contributed by atoms with van der Waals surface area (Å²) < 4.78 is 0. The van der Waals surface area contributed by atoms with Gasteiger partial charge in [0.15, 0.2) is 0 Å². The molecular weight excluding hydrogens is 226 g/mol. The molecule has 0 atom stereocenters. The summed E-state index contributed by atoms with van der Waals surface area (Å²) in [6.45, 7) is 4.43. The molecule has 18 heavy (non-hydrogen) atoms. The number of nitrogens with zero attached hydrogens (tertiary/aromatic N) is 1. The quantitative estimate of drug-likeness (QED) is 0.836. The molecule has 0 amide bonds. The molecule has 0 saturated carbocycles. The second-order valence-electron chi connectivity index (χ2n) is 4.15. The molecular formula is C15H15NO2. The van der Waals surface area contributed by atoms with Gasteiger partial charge in [0, 0.05) is 24.7 Å². The Bertz CT molecular complexity index is 604. The van der Waals surface area contributed by atoms with E-state index in [1.807, 2.05) is 48.4 Å². The first-order valence-electron chi connectivity index (χ1n) is 5.72. The number of anilines is 1. The highest BCUT2D eigenvalue weighted by molar-refractivity contribution is 6.07. The van der Waals surface area contributed by atoms with E-state index in [-0.39, 0.29) is 0 Å². The molecule has 2 aromatic carbocycles. The number of hydrogen-bond acceptors (Lipinski definition) is 2. The molecule has 0 fully saturated rings. The maximum Gasteiger partial charge on any atom is 0.336 e. The summed E-state index contributed by atoms with van der Waals surface area (Å²) in [6, 6.07) is 11.0. The summed E-state index contributed by atoms with van der Waals surface area (Å²) in [5.74, 6) is -0.899. The molecule has 0 aliphatic rings. The van der Waals surface area contributed by atoms with Gasteiger partial charge in [-0.1, -0.05) is 30.3 Å². The van der Waals surface area contributed by atoms with Gasteiger partial charge in [-0.2, -0.15) is 0 Å². The van der Waals surface area contributed by atoms with Crippen LogP contribution in [0.2, 0.25) is 0 Å². The molecule has 2 aromatic rings. The maximum absolute atomic E-state index is 11.2. The van der Waals surface area contributed by atoms with Crippen molar-refractivity contribution in [1.29, 1.82) is 0 Å². The fourth-order valence-electron chi connectivity index (χ4n) is 2.09. The van der Waals surface area contributed by atoms with Gasteiger partial charge in [-0.15, -0.1) is 6.58 Å². The molecule has 0 heterocycles. The highest BCUT2D eigenvalue weighted by Gasteiger charge is 2.12. The molecule has 0 aliphatic carbocycles. The zero-order chi connectivity index (χ0) is 13.1. The Labute approximate surface area is 106 Å². The van der Waals surface area contributed by atoms with Crippen LogP contribution in [0, 0.1) is 0 Å². The number of benzene rings is 2. The molecule has 3 heteroatoms. The zero-order valence-corrected chi connectivity index (χ0v) is 10.3. The van der Waals surface area contributed by atoms with Gasteiger partial charge in [-0.25, -0.2) is 4.79 Å². The van der Waals surface area contributed by atoms with Gasteiger partial charge >= 0.3 is 5.97 Å². The van der Waals surface area contributed by atoms with E-state index < -0.39 is 5.97 Å². The normalized spacial score (nSPS) is 10.3. The number of fused-ring (bicyclic) bond motifs is 1. The first-order chi connectivity index (χ1) is 8.65. The molecule has 0 spiro atoms. The van der Waals surface area contributed by atoms with Gasteiger partial charge in [-0.05, 0) is 17.5 Å². The van der Waals surface area contributed by atoms with E-state index in [2.05, 4.69) is 6.58 Å². The van der Waals surface area contributed by atoms with Gasteiger partial charge in [0.2, 0.25) is 0 Å². The highest BCUT2D eigenvalue weighted by Crippen LogP contribution is 2.28. The van der Waals surface area contributed by atoms with Crippen molar-refractivity contribution in [3.8, 4) is 0 Å². The van der Waals surface area contributed by atoms with Crippen LogP contribution in [0.4, 0.5) is 5.69 Å². The van der Waals surface area contributed by atoms with Crippen LogP contribution in [-0.4, -0.2) is 24.7 Å². The van der Waals surface area contributed by atoms with Crippen LogP contribution in [0.5, 0.6) is 0 Å². The lowest BCUT2D eigenvalue weighted by Gasteiger charge is -2.20. The molecule has 0 saturated heterocycles. The van der Waals surface area contributed by atoms with Crippen molar-refractivity contribution < 1.29 is 9.90 Å². The minimum Gasteiger partial charge on any atom is -0.478 e. The smallest absolute Gasteiger partial charge is 0.336 e. The van der Waals surface area contributed by atoms with E-state index >= 15 is 0 Å². The topological polar surface area (TPSA) is 40.5 Å². The van der Waals surface area contributed by atoms with Crippen molar-refractivity contribution in [2.75, 3.05) is 18.5 Å². The third kappa shape index (κ3) is 2.07. The van der Waals surface area contributed by atoms with Crippen molar-refractivity contribution >= 4 is 22.4 Å². The minimum atomic E-state index is -0.899. The Hall–Kier alpha value is -2.29. The van der Waals surface area contributed by atoms with E-state index in [9.17, 15) is 9.90 Å². The number of hydrogen-bond donors (Lipinski definition) is 1. The summed E-state index contributed by atoms with van der Waals surface area (Å²) in [6.07, 6.45) is 1.82. The van der Waals surface area contributed by atoms with E-state index in [1.54, 1.807) is 6.07 Å². The third-order valence-electron chi connectivity index (χ3n) is 2.95. The van der Waals surface area contributed by atoms with E-state index in [4.69, 9.17) is 0 Å². The number of carboxylic acid groups (broad SMARTS) is 1. The predicted molar refractivity (Wildman–Crippen MR) is 74.4 cm³/mol. The van der Waals surface area contributed by atoms with Gasteiger partial charge in [-0.3, -0.25) is 0 Å². The number of rotatable bonds is 4. The van der Waals surface area contributed by atoms with Crippen molar-refractivity contribution in [2.45, 2.75) is 0 Å². The van der Waals surface area contributed by atoms with Crippen LogP contribution in [0.1, 0.15) is 10.4 Å². The predicted octanol–water partition coefficient (Wildman–Crippen LogP) is 3.16. The lowest BCUT2D eigenvalue weighted by atomic mass is 10.0. The second-order valence-corrected chi connectivity index (χ2v) is 4.15. The summed E-state index contributed by atoms with van der Waals surface area (Å²) in [4.78, 5) is 13.2. The van der Waals surface area contributed by atoms with Crippen molar-refractivity contribution in [3.63, 3.8) is 0 Å². The van der Waals surface area contributed by atoms with Crippen molar-refractivity contribution in [2.24, 2.45) is 0 Å². The van der Waals surface area contributed by atoms with Crippen LogP contribution >= 0.6 is 0 Å². The average molecular weight is 241 g/mol. The van der Waals surface area contributed by atoms with Gasteiger partial charge in [0.1, 0.15) is 0 Å². The molecule has 3 nitrogen and oxygen atoms in total. The number of likely N-dealkylation sites (N-methyl/N-ethyl adjacent to an activating group) is 1. The lowest BCUT2D eigenvalue weighted by Crippen LogP contribution is -2.17. The van der Waals surface area contributed by atoms with E-state index in [1.165, 1.54) is 0 Å². The number of carbonyl (C=O) groups is 1. The van der Waals surface area contributed by atoms with Crippen LogP contribution in [-0.2, 0) is 0 Å². The fourth-order valence-corrected chi connectivity index (χ4v) is 2.09. The first-order valence-corrected chi connectivity index (χ1v) is 5.72. The second kappa shape index (κ2) is 4.92. The Morgan fingerprint density at radius 1 is 1.28 bits per heavy atom. The van der Waals surface area contributed by atoms with Crippen LogP contribution in [0.15, 0.2) is 49.1 Å². The molecule has 0 unspecified atom stereocenters. The van der Waals surface area contributed by atoms with Crippen LogP contribution in [0.3, 0.4) is 0 Å². The van der Waals surface area contributed by atoms with Crippen molar-refractivity contribution in [3.05, 3.63) is 54.6 Å². The van der Waals surface area contributed by atoms with Crippen LogP contribution in [0.25, 0.3) is 10.8 Å². The molecule has 1 N–H and O–H groups in total. The molecule has 0 radical (unpaired) electrons. The Morgan fingerprint density at radius 3 is 2.56 bits per heavy atom. The van der Waals surface area contributed by atoms with E-state index in [0.29, 0.717) is 5.56 Å². The molecule has 0 aliphatic heterocycles. The zero-order valence-electron chi connectivity index (χ0n) is 10.3. The monoisotopic (exact) mass is 241 g/mol. The Balaban J connectivity index is 2.68. The van der Waals surface area contributed by atoms with E-state index in [0.717, 1.165) is 23.0 Å². The maximum atomic E-state index is 11.2. The summed E-state index contributed by atoms with van der Waals surface area (Å²) in [5.41, 5.74) is 1.34. The van der Waals surface area contributed by atoms with Gasteiger partial charge < -0.3 is 10.0 Å². The molecule has 0 aromatic heterocycles. The lowest BCUT2D eigenvalue weighted by molar-refractivity contribution is 0.0699. The largest absolute Gasteiger partial charge is 0.478 e. The highest BCUT2D eigenvalue weighted by atomic mass is 16.4. The summed E-state index contributed by atoms with van der Waals surface area (Å²) >= 11 is 0. The van der Waals surface area contributed by atoms with Gasteiger partial charge in [0.05, 0.1) is 5.56 Å². The minimum absolute atomic E-state index is 0.335. The fraction of sp³-hybridized carbons (Fsp3) is 0.133. The first kappa shape index (κ1) is 12.2. The Morgan fingerprint density at radius 2 is 1.94 bits per heavy atom. The number of carboxylic acids is 1. The SMILES string of the molecule is C=CCN(C)c1ccc(C(=O)O)c2ccccc12. The molecule has 0 bridgehead atoms. The van der Waals surface area contributed by atoms with Crippen molar-refractivity contribution in [1.82, 2.24) is 0 Å². The standard InChI is InChI=1S/C15H15NO2/c1-3-10-16(2)14-9-8-13(15(17)18)11-6-4-5-7-12(11)14/h3-9H,1,10H2,2H3,(H,17,18). The average Bonchev–Trinajstić information content (AvgIpc) is 2.37. The van der Waals surface area contributed by atoms with Crippen LogP contribution < -0.4 is 4.90 Å². The number of aromatic carboxylic acids is 1. The molecule has 2 rings (SSSR count). The van der Waals surface area contributed by atoms with Gasteiger partial charge in [0.25, 0.3) is 0 Å². The summed E-state index contributed by atoms with van der Waals surface area (Å²) in [7, 11) is 1.96.